The van der Waals surface area contributed by atoms with E-state index < -0.39 is 15.9 Å². The number of nitrogens with one attached hydrogen (secondary N) is 2. The number of ether oxygens (including phenoxy) is 1. The summed E-state index contributed by atoms with van der Waals surface area (Å²) in [6.45, 7) is 0. The summed E-state index contributed by atoms with van der Waals surface area (Å²) in [4.78, 5) is 12.3. The molecule has 0 saturated heterocycles. The number of carbonyl (C=O) groups is 1. The predicted octanol–water partition coefficient (Wildman–Crippen LogP) is 4.02. The molecule has 1 amide bonds. The smallest absolute Gasteiger partial charge is 0.271 e. The van der Waals surface area contributed by atoms with Gasteiger partial charge in [-0.25, -0.2) is 13.8 Å². The van der Waals surface area contributed by atoms with Crippen molar-refractivity contribution in [1.82, 2.24) is 5.43 Å². The third-order valence-electron chi connectivity index (χ3n) is 3.98. The average Bonchev–Trinajstić information content (AvgIpc) is 2.74. The van der Waals surface area contributed by atoms with Crippen LogP contribution in [-0.4, -0.2) is 27.6 Å². The quantitative estimate of drug-likeness (QED) is 0.388. The summed E-state index contributed by atoms with van der Waals surface area (Å²) in [6, 6.07) is 19.6. The molecule has 0 spiro atoms. The van der Waals surface area contributed by atoms with Crippen molar-refractivity contribution in [3.63, 3.8) is 0 Å². The van der Waals surface area contributed by atoms with Crippen LogP contribution in [0.4, 0.5) is 5.69 Å². The summed E-state index contributed by atoms with van der Waals surface area (Å²) in [6.07, 6.45) is 1.49. The molecule has 0 atom stereocenters. The third-order valence-corrected chi connectivity index (χ3v) is 5.85. The van der Waals surface area contributed by atoms with Crippen LogP contribution in [-0.2, 0) is 10.0 Å². The Kier molecular flexibility index (Phi) is 6.86. The largest absolute Gasteiger partial charge is 0.497 e. The lowest BCUT2D eigenvalue weighted by Gasteiger charge is -2.09. The molecule has 30 heavy (non-hydrogen) atoms. The first-order chi connectivity index (χ1) is 14.4. The molecule has 0 bridgehead atoms. The number of halogens is 1. The monoisotopic (exact) mass is 487 g/mol. The van der Waals surface area contributed by atoms with Gasteiger partial charge in [-0.05, 0) is 60.2 Å². The van der Waals surface area contributed by atoms with Gasteiger partial charge in [-0.15, -0.1) is 0 Å². The van der Waals surface area contributed by atoms with Gasteiger partial charge in [0.25, 0.3) is 15.9 Å². The van der Waals surface area contributed by atoms with Crippen molar-refractivity contribution in [1.29, 1.82) is 0 Å². The van der Waals surface area contributed by atoms with Crippen LogP contribution in [0.5, 0.6) is 5.75 Å². The molecule has 0 unspecified atom stereocenters. The second-order valence-electron chi connectivity index (χ2n) is 6.12. The number of anilines is 1. The van der Waals surface area contributed by atoms with Gasteiger partial charge in [-0.2, -0.15) is 5.10 Å². The molecule has 2 N–H and O–H groups in total. The van der Waals surface area contributed by atoms with Crippen molar-refractivity contribution in [3.8, 4) is 5.75 Å². The summed E-state index contributed by atoms with van der Waals surface area (Å²) in [5.41, 5.74) is 3.73. The number of hydrogen-bond acceptors (Lipinski definition) is 5. The van der Waals surface area contributed by atoms with Crippen LogP contribution in [0.15, 0.2) is 87.3 Å². The Morgan fingerprint density at radius 1 is 1.03 bits per heavy atom. The molecule has 3 aromatic carbocycles. The van der Waals surface area contributed by atoms with Crippen molar-refractivity contribution >= 4 is 43.8 Å². The fourth-order valence-electron chi connectivity index (χ4n) is 2.49. The number of amides is 1. The molecule has 0 aliphatic rings. The minimum Gasteiger partial charge on any atom is -0.497 e. The maximum atomic E-state index is 12.7. The summed E-state index contributed by atoms with van der Waals surface area (Å²) < 4.78 is 33.7. The molecule has 7 nitrogen and oxygen atoms in total. The second-order valence-corrected chi connectivity index (χ2v) is 8.71. The average molecular weight is 488 g/mol. The van der Waals surface area contributed by atoms with E-state index in [2.05, 4.69) is 31.2 Å². The predicted molar refractivity (Wildman–Crippen MR) is 119 cm³/mol. The highest BCUT2D eigenvalue weighted by Gasteiger charge is 2.16. The lowest BCUT2D eigenvalue weighted by Crippen LogP contribution is -2.19. The Morgan fingerprint density at radius 2 is 1.77 bits per heavy atom. The maximum absolute atomic E-state index is 12.7. The minimum absolute atomic E-state index is 0.0399. The highest BCUT2D eigenvalue weighted by molar-refractivity contribution is 9.10. The normalized spacial score (nSPS) is 11.3. The van der Waals surface area contributed by atoms with Crippen LogP contribution in [0, 0.1) is 0 Å². The van der Waals surface area contributed by atoms with E-state index in [1.54, 1.807) is 24.3 Å². The first kappa shape index (κ1) is 21.5. The first-order valence-electron chi connectivity index (χ1n) is 8.73. The van der Waals surface area contributed by atoms with E-state index >= 15 is 0 Å². The highest BCUT2D eigenvalue weighted by Crippen LogP contribution is 2.20. The second kappa shape index (κ2) is 9.55. The van der Waals surface area contributed by atoms with Gasteiger partial charge in [0.1, 0.15) is 5.75 Å². The summed E-state index contributed by atoms with van der Waals surface area (Å²) in [5.74, 6) is 0.0859. The van der Waals surface area contributed by atoms with E-state index in [1.807, 2.05) is 24.3 Å². The molecule has 154 valence electrons. The number of benzene rings is 3. The van der Waals surface area contributed by atoms with Gasteiger partial charge in [-0.1, -0.05) is 34.1 Å². The molecule has 0 saturated carbocycles. The number of carbonyl (C=O) groups excluding carboxylic acids is 1. The molecule has 0 fully saturated rings. The number of rotatable bonds is 7. The molecule has 0 aliphatic carbocycles. The fraction of sp³-hybridized carbons (Fsp3) is 0.0476. The lowest BCUT2D eigenvalue weighted by molar-refractivity contribution is 0.0955. The first-order valence-corrected chi connectivity index (χ1v) is 11.0. The maximum Gasteiger partial charge on any atom is 0.271 e. The Hall–Kier alpha value is -3.17. The van der Waals surface area contributed by atoms with Crippen molar-refractivity contribution in [2.45, 2.75) is 4.90 Å². The van der Waals surface area contributed by atoms with Crippen LogP contribution in [0.3, 0.4) is 0 Å². The van der Waals surface area contributed by atoms with E-state index in [-0.39, 0.29) is 10.5 Å². The number of methoxy groups -OCH3 is 1. The number of hydrogen-bond donors (Lipinski definition) is 2. The van der Waals surface area contributed by atoms with Crippen LogP contribution < -0.4 is 14.9 Å². The van der Waals surface area contributed by atoms with Crippen LogP contribution in [0.1, 0.15) is 15.9 Å². The van der Waals surface area contributed by atoms with Crippen LogP contribution in [0.25, 0.3) is 0 Å². The lowest BCUT2D eigenvalue weighted by atomic mass is 10.2. The number of sulfonamides is 1. The van der Waals surface area contributed by atoms with Gasteiger partial charge in [0.2, 0.25) is 0 Å². The van der Waals surface area contributed by atoms with E-state index in [1.165, 1.54) is 37.6 Å². The molecule has 0 aromatic heterocycles. The van der Waals surface area contributed by atoms with Gasteiger partial charge < -0.3 is 4.74 Å². The highest BCUT2D eigenvalue weighted by atomic mass is 79.9. The molecule has 0 heterocycles. The standard InChI is InChI=1S/C21H18BrN3O4S/c1-29-19-10-8-18(9-11-19)25-30(27,28)20-7-3-5-16(13-20)21(26)24-23-14-15-4-2-6-17(22)12-15/h2-14,25H,1H3,(H,24,26)/b23-14+. The minimum atomic E-state index is -3.87. The molecule has 9 heteroatoms. The number of nitrogens with zero attached hydrogens (tertiary/aromatic N) is 1. The Morgan fingerprint density at radius 3 is 2.47 bits per heavy atom. The van der Waals surface area contributed by atoms with Gasteiger partial charge in [0.05, 0.1) is 18.2 Å². The molecule has 0 aliphatic heterocycles. The van der Waals surface area contributed by atoms with Gasteiger partial charge in [0, 0.05) is 15.7 Å². The Labute approximate surface area is 183 Å². The molecular weight excluding hydrogens is 470 g/mol. The Bertz CT molecular complexity index is 1180. The van der Waals surface area contributed by atoms with Crippen molar-refractivity contribution in [2.24, 2.45) is 5.10 Å². The zero-order valence-electron chi connectivity index (χ0n) is 15.9. The zero-order valence-corrected chi connectivity index (χ0v) is 18.3. The van der Waals surface area contributed by atoms with Crippen LogP contribution >= 0.6 is 15.9 Å². The van der Waals surface area contributed by atoms with Crippen LogP contribution in [0.2, 0.25) is 0 Å². The van der Waals surface area contributed by atoms with Crippen molar-refractivity contribution in [3.05, 3.63) is 88.4 Å². The molecule has 3 aromatic rings. The van der Waals surface area contributed by atoms with E-state index in [0.29, 0.717) is 11.4 Å². The summed E-state index contributed by atoms with van der Waals surface area (Å²) in [5, 5.41) is 3.91. The van der Waals surface area contributed by atoms with Gasteiger partial charge >= 0.3 is 0 Å². The van der Waals surface area contributed by atoms with Gasteiger partial charge in [0.15, 0.2) is 0 Å². The number of hydrazone groups is 1. The topological polar surface area (TPSA) is 96.9 Å². The van der Waals surface area contributed by atoms with Gasteiger partial charge in [-0.3, -0.25) is 9.52 Å². The fourth-order valence-corrected chi connectivity index (χ4v) is 4.02. The van der Waals surface area contributed by atoms with E-state index in [9.17, 15) is 13.2 Å². The molecule has 0 radical (unpaired) electrons. The van der Waals surface area contributed by atoms with E-state index in [0.717, 1.165) is 10.0 Å². The van der Waals surface area contributed by atoms with E-state index in [4.69, 9.17) is 4.74 Å². The SMILES string of the molecule is COc1ccc(NS(=O)(=O)c2cccc(C(=O)N/N=C/c3cccc(Br)c3)c2)cc1. The summed E-state index contributed by atoms with van der Waals surface area (Å²) in [7, 11) is -2.35. The van der Waals surface area contributed by atoms with Crippen molar-refractivity contribution in [2.75, 3.05) is 11.8 Å². The summed E-state index contributed by atoms with van der Waals surface area (Å²) >= 11 is 3.36. The third kappa shape index (κ3) is 5.68. The van der Waals surface area contributed by atoms with Crippen molar-refractivity contribution < 1.29 is 17.9 Å². The molecule has 3 rings (SSSR count). The Balaban J connectivity index is 1.71. The zero-order chi connectivity index (χ0) is 21.6. The molecular formula is C21H18BrN3O4S.